The van der Waals surface area contributed by atoms with Gasteiger partial charge in [-0.1, -0.05) is 30.3 Å². The highest BCUT2D eigenvalue weighted by Crippen LogP contribution is 2.61. The van der Waals surface area contributed by atoms with Crippen molar-refractivity contribution < 1.29 is 4.74 Å². The van der Waals surface area contributed by atoms with Crippen LogP contribution in [-0.4, -0.2) is 26.3 Å². The Bertz CT molecular complexity index is 405. The third-order valence-corrected chi connectivity index (χ3v) is 5.01. The van der Waals surface area contributed by atoms with E-state index >= 15 is 0 Å². The normalized spacial score (nSPS) is 38.9. The lowest BCUT2D eigenvalue weighted by Crippen LogP contribution is -2.40. The smallest absolute Gasteiger partial charge is 0.0619 e. The van der Waals surface area contributed by atoms with Crippen LogP contribution in [0.5, 0.6) is 0 Å². The fourth-order valence-corrected chi connectivity index (χ4v) is 3.87. The summed E-state index contributed by atoms with van der Waals surface area (Å²) >= 11 is 0. The summed E-state index contributed by atoms with van der Waals surface area (Å²) in [6.07, 6.45) is 2.94. The maximum Gasteiger partial charge on any atom is 0.0619 e. The zero-order chi connectivity index (χ0) is 12.6. The van der Waals surface area contributed by atoms with E-state index in [4.69, 9.17) is 4.74 Å². The van der Waals surface area contributed by atoms with Crippen LogP contribution in [0, 0.1) is 11.3 Å². The quantitative estimate of drug-likeness (QED) is 0.880. The molecule has 1 aromatic rings. The molecule has 3 rings (SSSR count). The molecule has 1 saturated heterocycles. The van der Waals surface area contributed by atoms with E-state index in [9.17, 15) is 0 Å². The zero-order valence-electron chi connectivity index (χ0n) is 11.4. The Labute approximate surface area is 110 Å². The van der Waals surface area contributed by atoms with Gasteiger partial charge in [0.05, 0.1) is 6.10 Å². The standard InChI is InChI=1S/C16H23NO/c1-12-16(11-17-2,8-9-18-12)15-10-14(15)13-6-4-3-5-7-13/h3-7,12,14-15,17H,8-11H2,1-2H3. The Morgan fingerprint density at radius 1 is 1.33 bits per heavy atom. The molecule has 4 unspecified atom stereocenters. The summed E-state index contributed by atoms with van der Waals surface area (Å²) in [5, 5.41) is 3.39. The van der Waals surface area contributed by atoms with Gasteiger partial charge in [-0.25, -0.2) is 0 Å². The van der Waals surface area contributed by atoms with Crippen LogP contribution in [0.2, 0.25) is 0 Å². The predicted octanol–water partition coefficient (Wildman–Crippen LogP) is 2.80. The number of ether oxygens (including phenoxy) is 1. The van der Waals surface area contributed by atoms with Gasteiger partial charge in [-0.15, -0.1) is 0 Å². The number of hydrogen-bond acceptors (Lipinski definition) is 2. The van der Waals surface area contributed by atoms with Crippen LogP contribution < -0.4 is 5.32 Å². The molecule has 1 aliphatic heterocycles. The molecule has 98 valence electrons. The third-order valence-electron chi connectivity index (χ3n) is 5.01. The summed E-state index contributed by atoms with van der Waals surface area (Å²) in [5.41, 5.74) is 1.87. The summed E-state index contributed by atoms with van der Waals surface area (Å²) in [7, 11) is 2.06. The Morgan fingerprint density at radius 2 is 2.11 bits per heavy atom. The van der Waals surface area contributed by atoms with Crippen LogP contribution in [0.15, 0.2) is 30.3 Å². The van der Waals surface area contributed by atoms with Crippen LogP contribution >= 0.6 is 0 Å². The second-order valence-electron chi connectivity index (χ2n) is 5.89. The van der Waals surface area contributed by atoms with Crippen molar-refractivity contribution in [3.63, 3.8) is 0 Å². The fourth-order valence-electron chi connectivity index (χ4n) is 3.87. The summed E-state index contributed by atoms with van der Waals surface area (Å²) < 4.78 is 5.87. The van der Waals surface area contributed by atoms with Gasteiger partial charge in [-0.05, 0) is 44.2 Å². The van der Waals surface area contributed by atoms with E-state index in [0.29, 0.717) is 11.5 Å². The molecule has 4 atom stereocenters. The molecule has 2 nitrogen and oxygen atoms in total. The Balaban J connectivity index is 1.79. The SMILES string of the molecule is CNCC1(C2CC2c2ccccc2)CCOC1C. The summed E-state index contributed by atoms with van der Waals surface area (Å²) in [5.74, 6) is 1.55. The fraction of sp³-hybridized carbons (Fsp3) is 0.625. The first-order valence-electron chi connectivity index (χ1n) is 7.09. The second-order valence-corrected chi connectivity index (χ2v) is 5.89. The molecular weight excluding hydrogens is 222 g/mol. The van der Waals surface area contributed by atoms with Gasteiger partial charge in [0, 0.05) is 18.6 Å². The minimum Gasteiger partial charge on any atom is -0.378 e. The van der Waals surface area contributed by atoms with Gasteiger partial charge in [0.2, 0.25) is 0 Å². The Hall–Kier alpha value is -0.860. The predicted molar refractivity (Wildman–Crippen MR) is 73.7 cm³/mol. The highest BCUT2D eigenvalue weighted by molar-refractivity contribution is 5.28. The van der Waals surface area contributed by atoms with Crippen molar-refractivity contribution in [1.82, 2.24) is 5.32 Å². The number of benzene rings is 1. The van der Waals surface area contributed by atoms with Gasteiger partial charge in [0.25, 0.3) is 0 Å². The molecule has 1 saturated carbocycles. The van der Waals surface area contributed by atoms with Crippen molar-refractivity contribution in [1.29, 1.82) is 0 Å². The molecule has 0 spiro atoms. The number of rotatable bonds is 4. The zero-order valence-corrected chi connectivity index (χ0v) is 11.4. The first-order chi connectivity index (χ1) is 8.78. The van der Waals surface area contributed by atoms with Crippen molar-refractivity contribution in [3.05, 3.63) is 35.9 Å². The topological polar surface area (TPSA) is 21.3 Å². The lowest BCUT2D eigenvalue weighted by Gasteiger charge is -2.33. The minimum atomic E-state index is 0.356. The molecule has 1 N–H and O–H groups in total. The van der Waals surface area contributed by atoms with Crippen molar-refractivity contribution in [2.75, 3.05) is 20.2 Å². The van der Waals surface area contributed by atoms with Crippen LogP contribution in [0.4, 0.5) is 0 Å². The number of nitrogens with one attached hydrogen (secondary N) is 1. The van der Waals surface area contributed by atoms with Crippen LogP contribution in [0.25, 0.3) is 0 Å². The molecule has 2 aliphatic rings. The van der Waals surface area contributed by atoms with Crippen molar-refractivity contribution in [2.24, 2.45) is 11.3 Å². The van der Waals surface area contributed by atoms with E-state index in [0.717, 1.165) is 25.0 Å². The summed E-state index contributed by atoms with van der Waals surface area (Å²) in [6, 6.07) is 11.0. The summed E-state index contributed by atoms with van der Waals surface area (Å²) in [4.78, 5) is 0. The van der Waals surface area contributed by atoms with Gasteiger partial charge in [0.15, 0.2) is 0 Å². The van der Waals surface area contributed by atoms with E-state index < -0.39 is 0 Å². The highest BCUT2D eigenvalue weighted by atomic mass is 16.5. The van der Waals surface area contributed by atoms with E-state index in [-0.39, 0.29) is 0 Å². The van der Waals surface area contributed by atoms with E-state index in [2.05, 4.69) is 49.6 Å². The van der Waals surface area contributed by atoms with Gasteiger partial charge in [-0.2, -0.15) is 0 Å². The lowest BCUT2D eigenvalue weighted by atomic mass is 9.75. The van der Waals surface area contributed by atoms with Crippen LogP contribution in [0.1, 0.15) is 31.2 Å². The molecule has 1 aliphatic carbocycles. The first kappa shape index (κ1) is 12.2. The van der Waals surface area contributed by atoms with Gasteiger partial charge >= 0.3 is 0 Å². The van der Waals surface area contributed by atoms with Crippen molar-refractivity contribution >= 4 is 0 Å². The molecule has 2 heteroatoms. The van der Waals surface area contributed by atoms with Gasteiger partial charge < -0.3 is 10.1 Å². The van der Waals surface area contributed by atoms with Crippen LogP contribution in [0.3, 0.4) is 0 Å². The maximum atomic E-state index is 5.87. The number of hydrogen-bond donors (Lipinski definition) is 1. The molecule has 1 aromatic carbocycles. The minimum absolute atomic E-state index is 0.356. The van der Waals surface area contributed by atoms with E-state index in [1.807, 2.05) is 0 Å². The molecule has 0 amide bonds. The maximum absolute atomic E-state index is 5.87. The van der Waals surface area contributed by atoms with Crippen molar-refractivity contribution in [3.8, 4) is 0 Å². The molecule has 1 heterocycles. The average molecular weight is 245 g/mol. The monoisotopic (exact) mass is 245 g/mol. The third kappa shape index (κ3) is 1.88. The van der Waals surface area contributed by atoms with E-state index in [1.165, 1.54) is 18.4 Å². The average Bonchev–Trinajstić information content (AvgIpc) is 3.12. The lowest BCUT2D eigenvalue weighted by molar-refractivity contribution is 0.0511. The van der Waals surface area contributed by atoms with Crippen LogP contribution in [-0.2, 0) is 4.74 Å². The first-order valence-corrected chi connectivity index (χ1v) is 7.09. The molecule has 18 heavy (non-hydrogen) atoms. The van der Waals surface area contributed by atoms with E-state index in [1.54, 1.807) is 0 Å². The van der Waals surface area contributed by atoms with Crippen molar-refractivity contribution in [2.45, 2.75) is 31.8 Å². The largest absolute Gasteiger partial charge is 0.378 e. The molecule has 0 radical (unpaired) electrons. The molecule has 0 bridgehead atoms. The Morgan fingerprint density at radius 3 is 2.72 bits per heavy atom. The molecular formula is C16H23NO. The molecule has 2 fully saturated rings. The highest BCUT2D eigenvalue weighted by Gasteiger charge is 2.57. The summed E-state index contributed by atoms with van der Waals surface area (Å²) in [6.45, 7) is 4.27. The Kier molecular flexibility index (Phi) is 3.16. The second kappa shape index (κ2) is 4.67. The molecule has 0 aromatic heterocycles. The van der Waals surface area contributed by atoms with Gasteiger partial charge in [0.1, 0.15) is 0 Å². The van der Waals surface area contributed by atoms with Gasteiger partial charge in [-0.3, -0.25) is 0 Å².